The van der Waals surface area contributed by atoms with Gasteiger partial charge in [0, 0.05) is 12.6 Å². The summed E-state index contributed by atoms with van der Waals surface area (Å²) >= 11 is 12.0. The second kappa shape index (κ2) is 6.02. The van der Waals surface area contributed by atoms with Gasteiger partial charge in [-0.05, 0) is 31.9 Å². The van der Waals surface area contributed by atoms with Crippen molar-refractivity contribution < 1.29 is 9.59 Å². The molecule has 1 saturated heterocycles. The molecule has 108 valence electrons. The van der Waals surface area contributed by atoms with Gasteiger partial charge in [-0.15, -0.1) is 0 Å². The van der Waals surface area contributed by atoms with Crippen LogP contribution in [-0.2, 0) is 4.79 Å². The Labute approximate surface area is 127 Å². The molecule has 6 heteroatoms. The van der Waals surface area contributed by atoms with Crippen molar-refractivity contribution in [3.63, 3.8) is 0 Å². The van der Waals surface area contributed by atoms with Crippen LogP contribution in [0.5, 0.6) is 0 Å². The maximum atomic E-state index is 12.6. The first kappa shape index (κ1) is 15.1. The molecule has 0 radical (unpaired) electrons. The number of halogens is 2. The smallest absolute Gasteiger partial charge is 0.255 e. The predicted octanol–water partition coefficient (Wildman–Crippen LogP) is 2.72. The fourth-order valence-electron chi connectivity index (χ4n) is 2.45. The summed E-state index contributed by atoms with van der Waals surface area (Å²) in [7, 11) is 0. The lowest BCUT2D eigenvalue weighted by Crippen LogP contribution is -2.48. The molecule has 0 aliphatic carbocycles. The number of primary amides is 1. The summed E-state index contributed by atoms with van der Waals surface area (Å²) in [5, 5.41) is 0.584. The van der Waals surface area contributed by atoms with Gasteiger partial charge < -0.3 is 10.6 Å². The maximum absolute atomic E-state index is 12.6. The van der Waals surface area contributed by atoms with Crippen molar-refractivity contribution in [1.29, 1.82) is 0 Å². The van der Waals surface area contributed by atoms with Gasteiger partial charge in [-0.25, -0.2) is 0 Å². The van der Waals surface area contributed by atoms with Gasteiger partial charge in [0.1, 0.15) is 0 Å². The molecule has 1 aromatic carbocycles. The maximum Gasteiger partial charge on any atom is 0.255 e. The Morgan fingerprint density at radius 2 is 2.00 bits per heavy atom. The monoisotopic (exact) mass is 314 g/mol. The molecule has 4 nitrogen and oxygen atoms in total. The number of benzene rings is 1. The minimum Gasteiger partial charge on any atom is -0.369 e. The topological polar surface area (TPSA) is 63.4 Å². The molecular formula is C14H16Cl2N2O2. The molecule has 1 aliphatic rings. The van der Waals surface area contributed by atoms with Crippen molar-refractivity contribution in [3.05, 3.63) is 33.8 Å². The summed E-state index contributed by atoms with van der Waals surface area (Å²) in [6.45, 7) is 2.28. The largest absolute Gasteiger partial charge is 0.369 e. The van der Waals surface area contributed by atoms with Gasteiger partial charge in [0.2, 0.25) is 5.91 Å². The Bertz CT molecular complexity index is 548. The highest BCUT2D eigenvalue weighted by Gasteiger charge is 2.32. The number of nitrogens with two attached hydrogens (primary N) is 1. The van der Waals surface area contributed by atoms with E-state index < -0.39 is 0 Å². The Kier molecular flexibility index (Phi) is 4.55. The van der Waals surface area contributed by atoms with Crippen molar-refractivity contribution in [3.8, 4) is 0 Å². The van der Waals surface area contributed by atoms with Gasteiger partial charge in [0.15, 0.2) is 0 Å². The second-order valence-electron chi connectivity index (χ2n) is 5.08. The van der Waals surface area contributed by atoms with E-state index >= 15 is 0 Å². The van der Waals surface area contributed by atoms with Crippen LogP contribution in [0.3, 0.4) is 0 Å². The Balaban J connectivity index is 2.26. The summed E-state index contributed by atoms with van der Waals surface area (Å²) < 4.78 is 0. The van der Waals surface area contributed by atoms with Crippen LogP contribution in [0.15, 0.2) is 18.2 Å². The summed E-state index contributed by atoms with van der Waals surface area (Å²) in [6.07, 6.45) is 1.46. The van der Waals surface area contributed by atoms with Gasteiger partial charge >= 0.3 is 0 Å². The van der Waals surface area contributed by atoms with Crippen LogP contribution in [-0.4, -0.2) is 29.3 Å². The first-order chi connectivity index (χ1) is 9.41. The van der Waals surface area contributed by atoms with E-state index in [1.807, 2.05) is 6.92 Å². The molecular weight excluding hydrogens is 299 g/mol. The van der Waals surface area contributed by atoms with Crippen LogP contribution >= 0.6 is 23.2 Å². The molecule has 2 atom stereocenters. The van der Waals surface area contributed by atoms with Gasteiger partial charge in [0.05, 0.1) is 21.5 Å². The molecule has 2 amide bonds. The lowest BCUT2D eigenvalue weighted by molar-refractivity contribution is -0.123. The van der Waals surface area contributed by atoms with E-state index in [0.29, 0.717) is 23.6 Å². The molecule has 2 rings (SSSR count). The van der Waals surface area contributed by atoms with Gasteiger partial charge in [-0.2, -0.15) is 0 Å². The van der Waals surface area contributed by atoms with Crippen LogP contribution in [0.4, 0.5) is 0 Å². The molecule has 0 unspecified atom stereocenters. The SMILES string of the molecule is C[C@H]1CC[C@H](C(N)=O)CN1C(=O)c1cccc(Cl)c1Cl. The number of likely N-dealkylation sites (tertiary alicyclic amines) is 1. The zero-order valence-electron chi connectivity index (χ0n) is 11.1. The standard InChI is InChI=1S/C14H16Cl2N2O2/c1-8-5-6-9(13(17)19)7-18(8)14(20)10-3-2-4-11(15)12(10)16/h2-4,8-9H,5-7H2,1H3,(H2,17,19)/t8-,9-/m0/s1. The van der Waals surface area contributed by atoms with Crippen LogP contribution in [0.2, 0.25) is 10.0 Å². The zero-order valence-corrected chi connectivity index (χ0v) is 12.6. The number of nitrogens with zero attached hydrogens (tertiary/aromatic N) is 1. The van der Waals surface area contributed by atoms with E-state index in [9.17, 15) is 9.59 Å². The van der Waals surface area contributed by atoms with Crippen molar-refractivity contribution >= 4 is 35.0 Å². The fourth-order valence-corrected chi connectivity index (χ4v) is 2.83. The molecule has 0 bridgehead atoms. The van der Waals surface area contributed by atoms with Gasteiger partial charge in [0.25, 0.3) is 5.91 Å². The molecule has 0 aromatic heterocycles. The third-order valence-corrected chi connectivity index (χ3v) is 4.55. The number of carbonyl (C=O) groups excluding carboxylic acids is 2. The number of carbonyl (C=O) groups is 2. The van der Waals surface area contributed by atoms with Crippen molar-refractivity contribution in [1.82, 2.24) is 4.90 Å². The van der Waals surface area contributed by atoms with E-state index in [2.05, 4.69) is 0 Å². The van der Waals surface area contributed by atoms with Crippen molar-refractivity contribution in [2.45, 2.75) is 25.8 Å². The summed E-state index contributed by atoms with van der Waals surface area (Å²) in [4.78, 5) is 25.6. The Morgan fingerprint density at radius 1 is 1.30 bits per heavy atom. The third-order valence-electron chi connectivity index (χ3n) is 3.73. The first-order valence-corrected chi connectivity index (χ1v) is 7.21. The van der Waals surface area contributed by atoms with Gasteiger partial charge in [-0.3, -0.25) is 9.59 Å². The third kappa shape index (κ3) is 2.91. The number of piperidine rings is 1. The predicted molar refractivity (Wildman–Crippen MR) is 78.9 cm³/mol. The lowest BCUT2D eigenvalue weighted by atomic mass is 9.92. The average Bonchev–Trinajstić information content (AvgIpc) is 2.41. The van der Waals surface area contributed by atoms with Crippen LogP contribution < -0.4 is 5.73 Å². The molecule has 0 spiro atoms. The average molecular weight is 315 g/mol. The summed E-state index contributed by atoms with van der Waals surface area (Å²) in [6, 6.07) is 5.00. The quantitative estimate of drug-likeness (QED) is 0.912. The molecule has 1 fully saturated rings. The number of hydrogen-bond acceptors (Lipinski definition) is 2. The second-order valence-corrected chi connectivity index (χ2v) is 5.87. The van der Waals surface area contributed by atoms with Gasteiger partial charge in [-0.1, -0.05) is 29.3 Å². The van der Waals surface area contributed by atoms with E-state index in [1.165, 1.54) is 0 Å². The molecule has 1 aliphatic heterocycles. The highest BCUT2D eigenvalue weighted by molar-refractivity contribution is 6.43. The minimum absolute atomic E-state index is 0.0492. The lowest BCUT2D eigenvalue weighted by Gasteiger charge is -2.37. The van der Waals surface area contributed by atoms with E-state index in [1.54, 1.807) is 23.1 Å². The zero-order chi connectivity index (χ0) is 14.9. The highest BCUT2D eigenvalue weighted by atomic mass is 35.5. The Hall–Kier alpha value is -1.26. The molecule has 0 saturated carbocycles. The normalized spacial score (nSPS) is 22.6. The number of amides is 2. The minimum atomic E-state index is -0.369. The molecule has 1 heterocycles. The molecule has 20 heavy (non-hydrogen) atoms. The van der Waals surface area contributed by atoms with Crippen LogP contribution in [0.1, 0.15) is 30.1 Å². The Morgan fingerprint density at radius 3 is 2.65 bits per heavy atom. The van der Waals surface area contributed by atoms with Crippen molar-refractivity contribution in [2.24, 2.45) is 11.7 Å². The number of hydrogen-bond donors (Lipinski definition) is 1. The van der Waals surface area contributed by atoms with E-state index in [-0.39, 0.29) is 28.8 Å². The van der Waals surface area contributed by atoms with Crippen LogP contribution in [0, 0.1) is 5.92 Å². The van der Waals surface area contributed by atoms with Crippen LogP contribution in [0.25, 0.3) is 0 Å². The number of rotatable bonds is 2. The molecule has 1 aromatic rings. The van der Waals surface area contributed by atoms with Crippen molar-refractivity contribution in [2.75, 3.05) is 6.54 Å². The summed E-state index contributed by atoms with van der Waals surface area (Å²) in [5.74, 6) is -0.879. The van der Waals surface area contributed by atoms with E-state index in [4.69, 9.17) is 28.9 Å². The fraction of sp³-hybridized carbons (Fsp3) is 0.429. The summed E-state index contributed by atoms with van der Waals surface area (Å²) in [5.41, 5.74) is 5.70. The molecule has 2 N–H and O–H groups in total. The first-order valence-electron chi connectivity index (χ1n) is 6.46. The highest BCUT2D eigenvalue weighted by Crippen LogP contribution is 2.29. The van der Waals surface area contributed by atoms with E-state index in [0.717, 1.165) is 6.42 Å².